The van der Waals surface area contributed by atoms with Crippen LogP contribution >= 0.6 is 0 Å². The van der Waals surface area contributed by atoms with Crippen LogP contribution in [0.25, 0.3) is 0 Å². The molecule has 4 rings (SSSR count). The van der Waals surface area contributed by atoms with Crippen LogP contribution in [-0.4, -0.2) is 24.0 Å². The molecule has 17 heavy (non-hydrogen) atoms. The van der Waals surface area contributed by atoms with Crippen molar-refractivity contribution in [2.24, 2.45) is 5.92 Å². The lowest BCUT2D eigenvalue weighted by Crippen LogP contribution is -2.31. The van der Waals surface area contributed by atoms with Gasteiger partial charge in [-0.1, -0.05) is 12.1 Å². The Morgan fingerprint density at radius 3 is 3.12 bits per heavy atom. The van der Waals surface area contributed by atoms with E-state index >= 15 is 0 Å². The lowest BCUT2D eigenvalue weighted by atomic mass is 10.1. The molecule has 0 amide bonds. The largest absolute Gasteiger partial charge is 0.384 e. The van der Waals surface area contributed by atoms with Crippen LogP contribution in [0.4, 0.5) is 5.69 Å². The Kier molecular flexibility index (Phi) is 2.19. The fraction of sp³-hybridized carbons (Fsp3) is 0.600. The van der Waals surface area contributed by atoms with Gasteiger partial charge in [0.2, 0.25) is 0 Å². The predicted octanol–water partition coefficient (Wildman–Crippen LogP) is 2.64. The molecule has 1 saturated carbocycles. The van der Waals surface area contributed by atoms with Crippen molar-refractivity contribution < 1.29 is 0 Å². The number of likely N-dealkylation sites (tertiary alicyclic amines) is 1. The zero-order valence-corrected chi connectivity index (χ0v) is 10.3. The van der Waals surface area contributed by atoms with Crippen molar-refractivity contribution >= 4 is 5.69 Å². The Morgan fingerprint density at radius 1 is 1.29 bits per heavy atom. The summed E-state index contributed by atoms with van der Waals surface area (Å²) in [7, 11) is 0. The van der Waals surface area contributed by atoms with Crippen molar-refractivity contribution in [3.05, 3.63) is 29.3 Å². The topological polar surface area (TPSA) is 15.3 Å². The van der Waals surface area contributed by atoms with Gasteiger partial charge in [0.25, 0.3) is 0 Å². The summed E-state index contributed by atoms with van der Waals surface area (Å²) in [5, 5.41) is 3.43. The zero-order valence-electron chi connectivity index (χ0n) is 10.3. The Bertz CT molecular complexity index is 441. The van der Waals surface area contributed by atoms with E-state index in [2.05, 4.69) is 28.4 Å². The molecule has 3 aliphatic rings. The first-order valence-corrected chi connectivity index (χ1v) is 6.98. The third-order valence-electron chi connectivity index (χ3n) is 4.79. The third kappa shape index (κ3) is 1.66. The van der Waals surface area contributed by atoms with Crippen LogP contribution in [0.1, 0.15) is 30.4 Å². The lowest BCUT2D eigenvalue weighted by Gasteiger charge is -2.26. The van der Waals surface area contributed by atoms with Gasteiger partial charge in [-0.25, -0.2) is 0 Å². The van der Waals surface area contributed by atoms with Crippen molar-refractivity contribution in [2.45, 2.75) is 38.3 Å². The van der Waals surface area contributed by atoms with E-state index in [0.717, 1.165) is 18.5 Å². The summed E-state index contributed by atoms with van der Waals surface area (Å²) >= 11 is 0. The third-order valence-corrected chi connectivity index (χ3v) is 4.79. The second-order valence-electron chi connectivity index (χ2n) is 5.93. The molecule has 0 spiro atoms. The Hall–Kier alpha value is -1.02. The molecule has 1 saturated heterocycles. The van der Waals surface area contributed by atoms with E-state index in [-0.39, 0.29) is 0 Å². The number of nitrogens with zero attached hydrogens (tertiary/aromatic N) is 1. The summed E-state index contributed by atoms with van der Waals surface area (Å²) < 4.78 is 0. The van der Waals surface area contributed by atoms with Crippen molar-refractivity contribution in [1.29, 1.82) is 0 Å². The molecule has 0 radical (unpaired) electrons. The van der Waals surface area contributed by atoms with Gasteiger partial charge in [0.15, 0.2) is 0 Å². The van der Waals surface area contributed by atoms with Gasteiger partial charge in [-0.15, -0.1) is 0 Å². The van der Waals surface area contributed by atoms with Gasteiger partial charge in [0, 0.05) is 31.4 Å². The average molecular weight is 228 g/mol. The molecular weight excluding hydrogens is 208 g/mol. The normalized spacial score (nSPS) is 30.6. The minimum atomic E-state index is 0.895. The number of hydrogen-bond donors (Lipinski definition) is 1. The predicted molar refractivity (Wildman–Crippen MR) is 70.2 cm³/mol. The quantitative estimate of drug-likeness (QED) is 0.837. The molecular formula is C15H20N2. The van der Waals surface area contributed by atoms with Crippen LogP contribution in [0.3, 0.4) is 0 Å². The van der Waals surface area contributed by atoms with Crippen molar-refractivity contribution in [3.63, 3.8) is 0 Å². The van der Waals surface area contributed by atoms with Crippen LogP contribution in [0.2, 0.25) is 0 Å². The van der Waals surface area contributed by atoms with Gasteiger partial charge >= 0.3 is 0 Å². The smallest absolute Gasteiger partial charge is 0.0373 e. The zero-order chi connectivity index (χ0) is 11.2. The Morgan fingerprint density at radius 2 is 2.29 bits per heavy atom. The number of nitrogens with one attached hydrogen (secondary N) is 1. The SMILES string of the molecule is c1cc2c(cc1CN1CC3CCC1C3)CCN2. The highest BCUT2D eigenvalue weighted by molar-refractivity contribution is 5.56. The van der Waals surface area contributed by atoms with E-state index in [4.69, 9.17) is 0 Å². The minimum Gasteiger partial charge on any atom is -0.384 e. The van der Waals surface area contributed by atoms with Crippen LogP contribution in [0.5, 0.6) is 0 Å². The fourth-order valence-corrected chi connectivity index (χ4v) is 3.91. The number of piperidine rings is 1. The van der Waals surface area contributed by atoms with E-state index in [1.54, 1.807) is 0 Å². The molecule has 0 aromatic heterocycles. The Labute approximate surface area is 103 Å². The molecule has 2 atom stereocenters. The van der Waals surface area contributed by atoms with Gasteiger partial charge in [0.1, 0.15) is 0 Å². The standard InChI is InChI=1S/C15H20N2/c1-3-14-8-12(1)10-17(14)9-11-2-4-15-13(7-11)5-6-16-15/h2,4,7,12,14,16H,1,3,5-6,8-10H2. The van der Waals surface area contributed by atoms with Crippen molar-refractivity contribution in [3.8, 4) is 0 Å². The first-order valence-electron chi connectivity index (χ1n) is 6.98. The molecule has 2 unspecified atom stereocenters. The van der Waals surface area contributed by atoms with Crippen molar-refractivity contribution in [2.75, 3.05) is 18.4 Å². The number of anilines is 1. The van der Waals surface area contributed by atoms with E-state index in [0.29, 0.717) is 0 Å². The minimum absolute atomic E-state index is 0.895. The number of rotatable bonds is 2. The highest BCUT2D eigenvalue weighted by Crippen LogP contribution is 2.38. The highest BCUT2D eigenvalue weighted by atomic mass is 15.2. The van der Waals surface area contributed by atoms with E-state index in [1.165, 1.54) is 55.6 Å². The molecule has 1 N–H and O–H groups in total. The monoisotopic (exact) mass is 228 g/mol. The molecule has 1 aliphatic carbocycles. The maximum atomic E-state index is 3.43. The summed E-state index contributed by atoms with van der Waals surface area (Å²) in [4.78, 5) is 2.71. The van der Waals surface area contributed by atoms with Crippen LogP contribution < -0.4 is 5.32 Å². The highest BCUT2D eigenvalue weighted by Gasteiger charge is 2.37. The molecule has 2 nitrogen and oxygen atoms in total. The summed E-state index contributed by atoms with van der Waals surface area (Å²) in [5.41, 5.74) is 4.39. The summed E-state index contributed by atoms with van der Waals surface area (Å²) in [6.07, 6.45) is 5.59. The van der Waals surface area contributed by atoms with E-state index in [1.807, 2.05) is 0 Å². The molecule has 2 heteroatoms. The van der Waals surface area contributed by atoms with E-state index < -0.39 is 0 Å². The molecule has 90 valence electrons. The van der Waals surface area contributed by atoms with Crippen molar-refractivity contribution in [1.82, 2.24) is 4.90 Å². The fourth-order valence-electron chi connectivity index (χ4n) is 3.91. The Balaban J connectivity index is 1.52. The number of hydrogen-bond acceptors (Lipinski definition) is 2. The lowest BCUT2D eigenvalue weighted by molar-refractivity contribution is 0.205. The maximum absolute atomic E-state index is 3.43. The van der Waals surface area contributed by atoms with Gasteiger partial charge in [-0.3, -0.25) is 4.90 Å². The summed E-state index contributed by atoms with van der Waals surface area (Å²) in [6.45, 7) is 3.64. The average Bonchev–Trinajstić information content (AvgIpc) is 3.03. The second-order valence-corrected chi connectivity index (χ2v) is 5.93. The van der Waals surface area contributed by atoms with Gasteiger partial charge in [0.05, 0.1) is 0 Å². The van der Waals surface area contributed by atoms with Crippen LogP contribution in [0.15, 0.2) is 18.2 Å². The maximum Gasteiger partial charge on any atom is 0.0373 e. The van der Waals surface area contributed by atoms with Crippen LogP contribution in [-0.2, 0) is 13.0 Å². The first-order chi connectivity index (χ1) is 8.38. The number of fused-ring (bicyclic) bond motifs is 3. The number of benzene rings is 1. The molecule has 1 aromatic rings. The summed E-state index contributed by atoms with van der Waals surface area (Å²) in [6, 6.07) is 7.89. The van der Waals surface area contributed by atoms with Gasteiger partial charge in [-0.2, -0.15) is 0 Å². The molecule has 2 heterocycles. The molecule has 2 bridgehead atoms. The van der Waals surface area contributed by atoms with E-state index in [9.17, 15) is 0 Å². The van der Waals surface area contributed by atoms with Gasteiger partial charge in [-0.05, 0) is 48.8 Å². The molecule has 1 aromatic carbocycles. The van der Waals surface area contributed by atoms with Crippen LogP contribution in [0, 0.1) is 5.92 Å². The van der Waals surface area contributed by atoms with Gasteiger partial charge < -0.3 is 5.32 Å². The molecule has 2 fully saturated rings. The second kappa shape index (κ2) is 3.74. The first kappa shape index (κ1) is 9.95. The summed E-state index contributed by atoms with van der Waals surface area (Å²) in [5.74, 6) is 1.01. The molecule has 2 aliphatic heterocycles.